The number of hydrogen-bond acceptors (Lipinski definition) is 2. The Morgan fingerprint density at radius 3 is 2.59 bits per heavy atom. The van der Waals surface area contributed by atoms with Crippen LogP contribution in [-0.2, 0) is 4.79 Å². The van der Waals surface area contributed by atoms with Gasteiger partial charge < -0.3 is 11.1 Å². The van der Waals surface area contributed by atoms with Crippen LogP contribution in [0.2, 0.25) is 0 Å². The van der Waals surface area contributed by atoms with E-state index in [2.05, 4.69) is 12.2 Å². The Kier molecular flexibility index (Phi) is 6.56. The molecule has 1 amide bonds. The van der Waals surface area contributed by atoms with Gasteiger partial charge in [0.25, 0.3) is 0 Å². The van der Waals surface area contributed by atoms with Gasteiger partial charge in [-0.3, -0.25) is 4.79 Å². The minimum absolute atomic E-state index is 0.153. The van der Waals surface area contributed by atoms with Crippen LogP contribution in [0.3, 0.4) is 0 Å². The van der Waals surface area contributed by atoms with Gasteiger partial charge in [-0.05, 0) is 37.6 Å². The van der Waals surface area contributed by atoms with E-state index in [1.165, 1.54) is 25.7 Å². The van der Waals surface area contributed by atoms with Crippen molar-refractivity contribution in [1.29, 1.82) is 0 Å². The lowest BCUT2D eigenvalue weighted by Crippen LogP contribution is -2.38. The third-order valence-corrected chi connectivity index (χ3v) is 4.08. The molecular weight excluding hydrogens is 212 g/mol. The molecule has 0 aliphatic heterocycles. The van der Waals surface area contributed by atoms with Crippen molar-refractivity contribution in [2.45, 2.75) is 52.4 Å². The standard InChI is InChI=1S/C14H28N2O/c1-3-6-11(2)14(17)16-10-13-8-5-4-7-12(13)9-15/h11-13H,3-10,15H2,1-2H3,(H,16,17). The van der Waals surface area contributed by atoms with Crippen molar-refractivity contribution in [2.75, 3.05) is 13.1 Å². The van der Waals surface area contributed by atoms with Crippen LogP contribution in [0.25, 0.3) is 0 Å². The summed E-state index contributed by atoms with van der Waals surface area (Å²) in [6.45, 7) is 5.73. The largest absolute Gasteiger partial charge is 0.356 e. The zero-order chi connectivity index (χ0) is 12.7. The molecule has 3 unspecified atom stereocenters. The molecule has 1 aliphatic carbocycles. The summed E-state index contributed by atoms with van der Waals surface area (Å²) in [4.78, 5) is 11.8. The average Bonchev–Trinajstić information content (AvgIpc) is 2.36. The number of carbonyl (C=O) groups is 1. The summed E-state index contributed by atoms with van der Waals surface area (Å²) in [5.74, 6) is 1.59. The number of amides is 1. The molecule has 3 heteroatoms. The Labute approximate surface area is 106 Å². The third-order valence-electron chi connectivity index (χ3n) is 4.08. The van der Waals surface area contributed by atoms with Crippen LogP contribution in [0, 0.1) is 17.8 Å². The molecule has 0 aromatic rings. The number of carbonyl (C=O) groups excluding carboxylic acids is 1. The molecule has 0 aromatic heterocycles. The minimum atomic E-state index is 0.153. The first-order valence-electron chi connectivity index (χ1n) is 7.16. The molecule has 0 aromatic carbocycles. The zero-order valence-corrected chi connectivity index (χ0v) is 11.4. The number of nitrogens with two attached hydrogens (primary N) is 1. The highest BCUT2D eigenvalue weighted by atomic mass is 16.1. The number of rotatable bonds is 6. The van der Waals surface area contributed by atoms with Gasteiger partial charge in [-0.25, -0.2) is 0 Å². The van der Waals surface area contributed by atoms with E-state index in [4.69, 9.17) is 5.73 Å². The maximum absolute atomic E-state index is 11.8. The maximum Gasteiger partial charge on any atom is 0.222 e. The van der Waals surface area contributed by atoms with E-state index in [0.717, 1.165) is 25.9 Å². The molecule has 1 aliphatic rings. The van der Waals surface area contributed by atoms with Gasteiger partial charge >= 0.3 is 0 Å². The van der Waals surface area contributed by atoms with Crippen LogP contribution in [0.15, 0.2) is 0 Å². The lowest BCUT2D eigenvalue weighted by molar-refractivity contribution is -0.125. The second-order valence-electron chi connectivity index (χ2n) is 5.48. The zero-order valence-electron chi connectivity index (χ0n) is 11.4. The van der Waals surface area contributed by atoms with E-state index in [1.54, 1.807) is 0 Å². The van der Waals surface area contributed by atoms with Crippen LogP contribution in [0.4, 0.5) is 0 Å². The monoisotopic (exact) mass is 240 g/mol. The Hall–Kier alpha value is -0.570. The molecule has 0 saturated heterocycles. The lowest BCUT2D eigenvalue weighted by Gasteiger charge is -2.31. The second kappa shape index (κ2) is 7.70. The van der Waals surface area contributed by atoms with E-state index in [0.29, 0.717) is 11.8 Å². The fraction of sp³-hybridized carbons (Fsp3) is 0.929. The normalized spacial score (nSPS) is 26.5. The van der Waals surface area contributed by atoms with Gasteiger partial charge in [0.15, 0.2) is 0 Å². The lowest BCUT2D eigenvalue weighted by atomic mass is 9.79. The first-order valence-corrected chi connectivity index (χ1v) is 7.16. The summed E-state index contributed by atoms with van der Waals surface area (Å²) in [6.07, 6.45) is 7.12. The van der Waals surface area contributed by atoms with Crippen molar-refractivity contribution < 1.29 is 4.79 Å². The third kappa shape index (κ3) is 4.66. The van der Waals surface area contributed by atoms with E-state index < -0.39 is 0 Å². The first-order chi connectivity index (χ1) is 8.19. The molecule has 0 heterocycles. The Bertz CT molecular complexity index is 230. The highest BCUT2D eigenvalue weighted by molar-refractivity contribution is 5.78. The summed E-state index contributed by atoms with van der Waals surface area (Å²) >= 11 is 0. The van der Waals surface area contributed by atoms with Crippen LogP contribution in [0.1, 0.15) is 52.4 Å². The average molecular weight is 240 g/mol. The van der Waals surface area contributed by atoms with Gasteiger partial charge in [0.1, 0.15) is 0 Å². The predicted molar refractivity (Wildman–Crippen MR) is 71.6 cm³/mol. The Morgan fingerprint density at radius 1 is 1.35 bits per heavy atom. The number of nitrogens with one attached hydrogen (secondary N) is 1. The van der Waals surface area contributed by atoms with Gasteiger partial charge in [0, 0.05) is 12.5 Å². The molecule has 3 atom stereocenters. The predicted octanol–water partition coefficient (Wildman–Crippen LogP) is 2.30. The SMILES string of the molecule is CCCC(C)C(=O)NCC1CCCCC1CN. The molecule has 1 saturated carbocycles. The molecular formula is C14H28N2O. The Balaban J connectivity index is 2.30. The molecule has 3 nitrogen and oxygen atoms in total. The highest BCUT2D eigenvalue weighted by Gasteiger charge is 2.24. The molecule has 17 heavy (non-hydrogen) atoms. The van der Waals surface area contributed by atoms with Crippen molar-refractivity contribution in [3.8, 4) is 0 Å². The van der Waals surface area contributed by atoms with Crippen molar-refractivity contribution >= 4 is 5.91 Å². The van der Waals surface area contributed by atoms with Crippen LogP contribution in [0.5, 0.6) is 0 Å². The summed E-state index contributed by atoms with van der Waals surface area (Å²) in [5.41, 5.74) is 5.79. The highest BCUT2D eigenvalue weighted by Crippen LogP contribution is 2.28. The van der Waals surface area contributed by atoms with Crippen LogP contribution >= 0.6 is 0 Å². The smallest absolute Gasteiger partial charge is 0.222 e. The fourth-order valence-corrected chi connectivity index (χ4v) is 2.83. The number of hydrogen-bond donors (Lipinski definition) is 2. The molecule has 1 fully saturated rings. The second-order valence-corrected chi connectivity index (χ2v) is 5.48. The van der Waals surface area contributed by atoms with Gasteiger partial charge in [0.2, 0.25) is 5.91 Å². The maximum atomic E-state index is 11.8. The molecule has 0 radical (unpaired) electrons. The van der Waals surface area contributed by atoms with Gasteiger partial charge in [-0.2, -0.15) is 0 Å². The summed E-state index contributed by atoms with van der Waals surface area (Å²) in [7, 11) is 0. The van der Waals surface area contributed by atoms with Crippen molar-refractivity contribution in [3.63, 3.8) is 0 Å². The van der Waals surface area contributed by atoms with E-state index >= 15 is 0 Å². The minimum Gasteiger partial charge on any atom is -0.356 e. The van der Waals surface area contributed by atoms with Gasteiger partial charge in [-0.15, -0.1) is 0 Å². The fourth-order valence-electron chi connectivity index (χ4n) is 2.83. The van der Waals surface area contributed by atoms with Crippen LogP contribution < -0.4 is 11.1 Å². The van der Waals surface area contributed by atoms with Crippen molar-refractivity contribution in [2.24, 2.45) is 23.5 Å². The summed E-state index contributed by atoms with van der Waals surface area (Å²) < 4.78 is 0. The molecule has 3 N–H and O–H groups in total. The van der Waals surface area contributed by atoms with Crippen molar-refractivity contribution in [3.05, 3.63) is 0 Å². The first kappa shape index (κ1) is 14.5. The quantitative estimate of drug-likeness (QED) is 0.748. The van der Waals surface area contributed by atoms with Crippen LogP contribution in [-0.4, -0.2) is 19.0 Å². The van der Waals surface area contributed by atoms with Crippen molar-refractivity contribution in [1.82, 2.24) is 5.32 Å². The molecule has 1 rings (SSSR count). The summed E-state index contributed by atoms with van der Waals surface area (Å²) in [6, 6.07) is 0. The summed E-state index contributed by atoms with van der Waals surface area (Å²) in [5, 5.41) is 3.11. The Morgan fingerprint density at radius 2 is 2.00 bits per heavy atom. The molecule has 100 valence electrons. The van der Waals surface area contributed by atoms with Gasteiger partial charge in [0.05, 0.1) is 0 Å². The van der Waals surface area contributed by atoms with E-state index in [-0.39, 0.29) is 11.8 Å². The topological polar surface area (TPSA) is 55.1 Å². The molecule has 0 bridgehead atoms. The van der Waals surface area contributed by atoms with E-state index in [9.17, 15) is 4.79 Å². The van der Waals surface area contributed by atoms with Gasteiger partial charge in [-0.1, -0.05) is 33.1 Å². The molecule has 0 spiro atoms. The van der Waals surface area contributed by atoms with E-state index in [1.807, 2.05) is 6.92 Å².